The van der Waals surface area contributed by atoms with Gasteiger partial charge in [0.1, 0.15) is 29.1 Å². The van der Waals surface area contributed by atoms with Crippen molar-refractivity contribution >= 4 is 46.2 Å². The Kier molecular flexibility index (Phi) is 6.92. The molecule has 0 aliphatic carbocycles. The molecule has 0 saturated heterocycles. The van der Waals surface area contributed by atoms with Crippen molar-refractivity contribution < 1.29 is 13.9 Å². The molecule has 0 unspecified atom stereocenters. The number of amides is 1. The summed E-state index contributed by atoms with van der Waals surface area (Å²) in [5.41, 5.74) is 9.72. The van der Waals surface area contributed by atoms with Crippen molar-refractivity contribution in [2.24, 2.45) is 0 Å². The quantitative estimate of drug-likeness (QED) is 0.248. The normalized spacial score (nSPS) is 15.2. The molecule has 0 radical (unpaired) electrons. The van der Waals surface area contributed by atoms with E-state index in [0.717, 1.165) is 17.4 Å². The van der Waals surface area contributed by atoms with E-state index in [0.29, 0.717) is 28.6 Å². The Labute approximate surface area is 223 Å². The van der Waals surface area contributed by atoms with E-state index in [1.54, 1.807) is 6.92 Å². The predicted molar refractivity (Wildman–Crippen MR) is 147 cm³/mol. The van der Waals surface area contributed by atoms with Crippen molar-refractivity contribution in [3.63, 3.8) is 0 Å². The summed E-state index contributed by atoms with van der Waals surface area (Å²) in [7, 11) is 0. The summed E-state index contributed by atoms with van der Waals surface area (Å²) in [6.07, 6.45) is 2.09. The monoisotopic (exact) mass is 535 g/mol. The summed E-state index contributed by atoms with van der Waals surface area (Å²) in [5, 5.41) is 17.1. The molecule has 0 saturated carbocycles. The number of anilines is 3. The molecule has 38 heavy (non-hydrogen) atoms. The number of fused-ring (bicyclic) bond motifs is 2. The molecule has 6 N–H and O–H groups in total. The van der Waals surface area contributed by atoms with Crippen LogP contribution in [0.15, 0.2) is 42.7 Å². The molecule has 11 nitrogen and oxygen atoms in total. The van der Waals surface area contributed by atoms with E-state index in [1.807, 2.05) is 31.2 Å². The fourth-order valence-electron chi connectivity index (χ4n) is 4.09. The smallest absolute Gasteiger partial charge is 0.256 e. The number of rotatable bonds is 3. The van der Waals surface area contributed by atoms with Crippen LogP contribution in [0.1, 0.15) is 29.8 Å². The molecule has 2 bridgehead atoms. The molecule has 4 aromatic rings. The minimum Gasteiger partial charge on any atom is -0.473 e. The third kappa shape index (κ3) is 5.00. The van der Waals surface area contributed by atoms with Gasteiger partial charge in [0, 0.05) is 24.3 Å². The third-order valence-corrected chi connectivity index (χ3v) is 6.14. The number of hydrogen-bond acceptors (Lipinski definition) is 8. The van der Waals surface area contributed by atoms with Gasteiger partial charge in [-0.05, 0) is 49.8 Å². The van der Waals surface area contributed by atoms with Crippen LogP contribution in [0.2, 0.25) is 0 Å². The van der Waals surface area contributed by atoms with Crippen LogP contribution in [0.3, 0.4) is 0 Å². The maximum Gasteiger partial charge on any atom is 0.256 e. The van der Waals surface area contributed by atoms with Crippen LogP contribution >= 0.6 is 12.2 Å². The summed E-state index contributed by atoms with van der Waals surface area (Å²) in [4.78, 5) is 21.8. The first-order valence-corrected chi connectivity index (χ1v) is 12.4. The number of nitrogens with one attached hydrogen (secondary N) is 4. The zero-order chi connectivity index (χ0) is 26.8. The second-order valence-electron chi connectivity index (χ2n) is 8.69. The lowest BCUT2D eigenvalue weighted by Crippen LogP contribution is -2.33. The minimum absolute atomic E-state index is 0.143. The molecule has 5 rings (SSSR count). The predicted octanol–water partition coefficient (Wildman–Crippen LogP) is 2.94. The van der Waals surface area contributed by atoms with Crippen molar-refractivity contribution in [2.75, 3.05) is 29.5 Å². The highest BCUT2D eigenvalue weighted by Gasteiger charge is 2.23. The van der Waals surface area contributed by atoms with E-state index in [-0.39, 0.29) is 41.9 Å². The van der Waals surface area contributed by atoms with Gasteiger partial charge in [0.05, 0.1) is 24.5 Å². The Bertz CT molecular complexity index is 1520. The fraction of sp³-hybridized carbons (Fsp3) is 0.240. The molecule has 1 aliphatic rings. The van der Waals surface area contributed by atoms with Gasteiger partial charge in [0.2, 0.25) is 5.88 Å². The number of ether oxygens (including phenoxy) is 1. The van der Waals surface area contributed by atoms with E-state index in [1.165, 1.54) is 16.8 Å². The second kappa shape index (κ2) is 10.5. The van der Waals surface area contributed by atoms with Crippen LogP contribution in [0.25, 0.3) is 16.8 Å². The number of benzene rings is 1. The van der Waals surface area contributed by atoms with Crippen molar-refractivity contribution in [1.82, 2.24) is 30.2 Å². The number of pyridine rings is 1. The van der Waals surface area contributed by atoms with Crippen LogP contribution < -0.4 is 31.7 Å². The highest BCUT2D eigenvalue weighted by atomic mass is 32.1. The molecular weight excluding hydrogens is 509 g/mol. The number of thiocarbonyl (C=S) groups is 1. The van der Waals surface area contributed by atoms with Gasteiger partial charge in [-0.15, -0.1) is 0 Å². The topological polar surface area (TPSA) is 144 Å². The van der Waals surface area contributed by atoms with Crippen LogP contribution in [-0.4, -0.2) is 49.8 Å². The second-order valence-corrected chi connectivity index (χ2v) is 9.09. The lowest BCUT2D eigenvalue weighted by Gasteiger charge is -2.18. The molecule has 0 spiro atoms. The molecule has 13 heteroatoms. The van der Waals surface area contributed by atoms with E-state index in [9.17, 15) is 9.18 Å². The third-order valence-electron chi connectivity index (χ3n) is 5.90. The molecular formula is C25H26FN9O2S. The minimum atomic E-state index is -0.501. The SMILES string of the molecule is CCNC(=S)Nc1ccc(-c2c3nc4c(cnn4c2N)C(=O)NC[C@H](C)Oc2ncc(F)cc2CN3)cc1. The molecule has 1 aromatic carbocycles. The van der Waals surface area contributed by atoms with Gasteiger partial charge in [-0.2, -0.15) is 9.61 Å². The average Bonchev–Trinajstić information content (AvgIpc) is 3.32. The maximum atomic E-state index is 14.1. The lowest BCUT2D eigenvalue weighted by molar-refractivity contribution is 0.0932. The fourth-order valence-corrected chi connectivity index (χ4v) is 4.35. The summed E-state index contributed by atoms with van der Waals surface area (Å²) >= 11 is 5.26. The molecule has 1 atom stereocenters. The lowest BCUT2D eigenvalue weighted by atomic mass is 10.1. The Morgan fingerprint density at radius 3 is 2.84 bits per heavy atom. The number of aromatic nitrogens is 4. The van der Waals surface area contributed by atoms with Gasteiger partial charge in [-0.25, -0.2) is 14.4 Å². The molecule has 1 aliphatic heterocycles. The highest BCUT2D eigenvalue weighted by molar-refractivity contribution is 7.80. The first-order valence-electron chi connectivity index (χ1n) is 12.0. The summed E-state index contributed by atoms with van der Waals surface area (Å²) < 4.78 is 21.4. The van der Waals surface area contributed by atoms with Gasteiger partial charge in [-0.1, -0.05) is 12.1 Å². The average molecular weight is 536 g/mol. The van der Waals surface area contributed by atoms with Crippen LogP contribution in [-0.2, 0) is 6.54 Å². The van der Waals surface area contributed by atoms with E-state index in [2.05, 4.69) is 31.3 Å². The van der Waals surface area contributed by atoms with E-state index < -0.39 is 11.9 Å². The number of halogens is 1. The Balaban J connectivity index is 1.61. The summed E-state index contributed by atoms with van der Waals surface area (Å²) in [5.74, 6) is 0.0397. The highest BCUT2D eigenvalue weighted by Crippen LogP contribution is 2.35. The first kappa shape index (κ1) is 25.1. The number of carbonyl (C=O) groups is 1. The van der Waals surface area contributed by atoms with E-state index in [4.69, 9.17) is 27.7 Å². The zero-order valence-electron chi connectivity index (χ0n) is 20.7. The molecule has 3 aromatic heterocycles. The summed E-state index contributed by atoms with van der Waals surface area (Å²) in [6, 6.07) is 8.81. The number of nitrogens with zero attached hydrogens (tertiary/aromatic N) is 4. The molecule has 0 fully saturated rings. The summed E-state index contributed by atoms with van der Waals surface area (Å²) in [6.45, 7) is 4.79. The van der Waals surface area contributed by atoms with Gasteiger partial charge in [-0.3, -0.25) is 4.79 Å². The number of hydrogen-bond donors (Lipinski definition) is 5. The van der Waals surface area contributed by atoms with Crippen molar-refractivity contribution in [3.05, 3.63) is 59.7 Å². The van der Waals surface area contributed by atoms with Crippen LogP contribution in [0.5, 0.6) is 5.88 Å². The van der Waals surface area contributed by atoms with E-state index >= 15 is 0 Å². The van der Waals surface area contributed by atoms with Crippen LogP contribution in [0, 0.1) is 5.82 Å². The Morgan fingerprint density at radius 2 is 2.08 bits per heavy atom. The standard InChI is InChI=1S/C25H26FN9O2S/c1-3-28-25(38)33-17-6-4-14(5-7-17)19-20(27)35-22-18(12-32-35)23(36)30-9-13(2)37-24-15(8-16(26)11-31-24)10-29-21(19)34-22/h4-8,11-13H,3,9-10,27H2,1-2H3,(H,29,34)(H,30,36)(H2,28,33,38)/t13-/m0/s1. The maximum absolute atomic E-state index is 14.1. The number of carbonyl (C=O) groups excluding carboxylic acids is 1. The number of nitrogens with two attached hydrogens (primary N) is 1. The zero-order valence-corrected chi connectivity index (χ0v) is 21.5. The van der Waals surface area contributed by atoms with Gasteiger partial charge < -0.3 is 31.7 Å². The Morgan fingerprint density at radius 1 is 1.29 bits per heavy atom. The number of nitrogen functional groups attached to an aromatic ring is 1. The first-order chi connectivity index (χ1) is 18.3. The Hall–Kier alpha value is -4.52. The molecule has 4 heterocycles. The van der Waals surface area contributed by atoms with Gasteiger partial charge in [0.15, 0.2) is 10.8 Å². The largest absolute Gasteiger partial charge is 0.473 e. The van der Waals surface area contributed by atoms with Crippen molar-refractivity contribution in [3.8, 4) is 17.0 Å². The van der Waals surface area contributed by atoms with Crippen LogP contribution in [0.4, 0.5) is 21.7 Å². The molecule has 196 valence electrons. The van der Waals surface area contributed by atoms with Gasteiger partial charge in [0.25, 0.3) is 5.91 Å². The van der Waals surface area contributed by atoms with Gasteiger partial charge >= 0.3 is 0 Å². The molecule has 1 amide bonds. The van der Waals surface area contributed by atoms with Crippen molar-refractivity contribution in [1.29, 1.82) is 0 Å². The van der Waals surface area contributed by atoms with Crippen molar-refractivity contribution in [2.45, 2.75) is 26.5 Å².